The second kappa shape index (κ2) is 12.5. The summed E-state index contributed by atoms with van der Waals surface area (Å²) >= 11 is 0. The molecule has 2 aromatic rings. The van der Waals surface area contributed by atoms with Crippen molar-refractivity contribution in [2.75, 3.05) is 65.6 Å². The molecule has 1 fully saturated rings. The molecule has 4 aliphatic rings. The van der Waals surface area contributed by atoms with Crippen LogP contribution in [0.5, 0.6) is 11.5 Å². The van der Waals surface area contributed by atoms with Gasteiger partial charge in [0.1, 0.15) is 13.2 Å². The third kappa shape index (κ3) is 6.72. The highest BCUT2D eigenvalue weighted by molar-refractivity contribution is 7.89. The van der Waals surface area contributed by atoms with E-state index in [0.717, 1.165) is 36.3 Å². The Morgan fingerprint density at radius 1 is 0.956 bits per heavy atom. The number of nitrogens with zero attached hydrogens (tertiary/aromatic N) is 3. The van der Waals surface area contributed by atoms with E-state index in [1.165, 1.54) is 10.4 Å². The summed E-state index contributed by atoms with van der Waals surface area (Å²) in [5.74, 6) is 0.910. The van der Waals surface area contributed by atoms with Crippen LogP contribution in [0.4, 0.5) is 0 Å². The zero-order valence-corrected chi connectivity index (χ0v) is 28.8. The SMILES string of the molecule is CC(C)(C)[Si](C)(C)OCCN1CC(OC(C(=O)N2CC3=C(C2)CN(S(=O)(=O)c2ccc4c(c2)OCCO4)C3)c2ccccc2)C1. The van der Waals surface area contributed by atoms with Gasteiger partial charge in [-0.25, -0.2) is 8.42 Å². The van der Waals surface area contributed by atoms with E-state index in [9.17, 15) is 13.2 Å². The summed E-state index contributed by atoms with van der Waals surface area (Å²) in [7, 11) is -5.52. The van der Waals surface area contributed by atoms with Gasteiger partial charge < -0.3 is 23.5 Å². The van der Waals surface area contributed by atoms with E-state index in [4.69, 9.17) is 18.6 Å². The van der Waals surface area contributed by atoms with Gasteiger partial charge in [-0.3, -0.25) is 9.69 Å². The third-order valence-electron chi connectivity index (χ3n) is 9.72. The molecule has 0 spiro atoms. The van der Waals surface area contributed by atoms with E-state index in [0.29, 0.717) is 44.4 Å². The topological polar surface area (TPSA) is 97.9 Å². The molecule has 10 nitrogen and oxygen atoms in total. The van der Waals surface area contributed by atoms with E-state index in [2.05, 4.69) is 38.8 Å². The fourth-order valence-electron chi connectivity index (χ4n) is 5.91. The smallest absolute Gasteiger partial charge is 0.256 e. The fraction of sp³-hybridized carbons (Fsp3) is 0.545. The molecule has 2 aromatic carbocycles. The Hall–Kier alpha value is -2.74. The van der Waals surface area contributed by atoms with Gasteiger partial charge in [-0.05, 0) is 47.0 Å². The number of likely N-dealkylation sites (tertiary alicyclic amines) is 1. The fourth-order valence-corrected chi connectivity index (χ4v) is 8.39. The minimum absolute atomic E-state index is 0.0407. The van der Waals surface area contributed by atoms with Gasteiger partial charge in [0.25, 0.3) is 5.91 Å². The summed E-state index contributed by atoms with van der Waals surface area (Å²) in [6.45, 7) is 16.5. The third-order valence-corrected chi connectivity index (χ3v) is 16.0. The average molecular weight is 656 g/mol. The van der Waals surface area contributed by atoms with Gasteiger partial charge in [0.05, 0.1) is 11.0 Å². The molecule has 0 aliphatic carbocycles. The Labute approximate surface area is 268 Å². The number of benzene rings is 2. The maximum Gasteiger partial charge on any atom is 0.256 e. The van der Waals surface area contributed by atoms with Crippen LogP contribution < -0.4 is 9.47 Å². The monoisotopic (exact) mass is 655 g/mol. The number of fused-ring (bicyclic) bond motifs is 1. The molecule has 0 aromatic heterocycles. The molecule has 0 radical (unpaired) electrons. The van der Waals surface area contributed by atoms with Gasteiger partial charge in [-0.15, -0.1) is 0 Å². The van der Waals surface area contributed by atoms with Crippen LogP contribution in [0, 0.1) is 0 Å². The van der Waals surface area contributed by atoms with Crippen molar-refractivity contribution < 1.29 is 31.8 Å². The molecule has 12 heteroatoms. The molecule has 6 rings (SSSR count). The first kappa shape index (κ1) is 32.2. The van der Waals surface area contributed by atoms with Crippen LogP contribution >= 0.6 is 0 Å². The normalized spacial score (nSPS) is 20.3. The maximum absolute atomic E-state index is 13.9. The standard InChI is InChI=1S/C33H45N3O7SSi/c1-33(2,3)45(4,5)42-14-13-34-22-27(23-34)43-31(24-9-7-6-8-10-24)32(37)35-18-25-20-36(21-26(25)19-35)44(38,39)28-11-12-29-30(17-28)41-16-15-40-29/h6-12,17,27,31H,13-16,18-23H2,1-5H3. The van der Waals surface area contributed by atoms with Crippen LogP contribution in [0.15, 0.2) is 64.6 Å². The van der Waals surface area contributed by atoms with Crippen LogP contribution in [0.3, 0.4) is 0 Å². The minimum atomic E-state index is -3.73. The van der Waals surface area contributed by atoms with Crippen molar-refractivity contribution in [2.24, 2.45) is 0 Å². The van der Waals surface area contributed by atoms with Crippen LogP contribution in [-0.2, 0) is 24.0 Å². The number of ether oxygens (including phenoxy) is 3. The summed E-state index contributed by atoms with van der Waals surface area (Å²) in [6, 6.07) is 14.4. The molecule has 4 heterocycles. The quantitative estimate of drug-likeness (QED) is 0.279. The van der Waals surface area contributed by atoms with Crippen LogP contribution in [0.2, 0.25) is 18.1 Å². The van der Waals surface area contributed by atoms with Gasteiger partial charge in [-0.1, -0.05) is 51.1 Å². The maximum atomic E-state index is 13.9. The van der Waals surface area contributed by atoms with Gasteiger partial charge in [0, 0.05) is 58.5 Å². The highest BCUT2D eigenvalue weighted by Gasteiger charge is 2.42. The number of carbonyl (C=O) groups is 1. The molecule has 1 saturated heterocycles. The van der Waals surface area contributed by atoms with Crippen molar-refractivity contribution in [1.82, 2.24) is 14.1 Å². The Balaban J connectivity index is 1.04. The lowest BCUT2D eigenvalue weighted by molar-refractivity contribution is -0.156. The Bertz CT molecular complexity index is 1530. The zero-order valence-electron chi connectivity index (χ0n) is 27.0. The second-order valence-electron chi connectivity index (χ2n) is 13.9. The zero-order chi connectivity index (χ0) is 32.0. The first-order valence-electron chi connectivity index (χ1n) is 15.8. The molecule has 0 saturated carbocycles. The highest BCUT2D eigenvalue weighted by Crippen LogP contribution is 2.38. The molecule has 4 aliphatic heterocycles. The van der Waals surface area contributed by atoms with Crippen molar-refractivity contribution >= 4 is 24.2 Å². The second-order valence-corrected chi connectivity index (χ2v) is 20.6. The number of hydrogen-bond donors (Lipinski definition) is 0. The van der Waals surface area contributed by atoms with Gasteiger partial charge in [0.15, 0.2) is 25.9 Å². The average Bonchev–Trinajstić information content (AvgIpc) is 3.58. The molecule has 0 bridgehead atoms. The lowest BCUT2D eigenvalue weighted by Gasteiger charge is -2.42. The Morgan fingerprint density at radius 3 is 2.24 bits per heavy atom. The number of rotatable bonds is 10. The summed E-state index contributed by atoms with van der Waals surface area (Å²) in [5, 5.41) is 0.181. The van der Waals surface area contributed by atoms with Crippen LogP contribution in [-0.4, -0.2) is 108 Å². The Kier molecular flexibility index (Phi) is 8.92. The first-order valence-corrected chi connectivity index (χ1v) is 20.1. The molecule has 0 N–H and O–H groups in total. The summed E-state index contributed by atoms with van der Waals surface area (Å²) in [4.78, 5) is 18.2. The summed E-state index contributed by atoms with van der Waals surface area (Å²) < 4.78 is 52.4. The van der Waals surface area contributed by atoms with Crippen LogP contribution in [0.25, 0.3) is 0 Å². The van der Waals surface area contributed by atoms with Crippen molar-refractivity contribution in [3.63, 3.8) is 0 Å². The molecular formula is C33H45N3O7SSi. The number of amides is 1. The van der Waals surface area contributed by atoms with Gasteiger partial charge >= 0.3 is 0 Å². The largest absolute Gasteiger partial charge is 0.486 e. The van der Waals surface area contributed by atoms with Crippen LogP contribution in [0.1, 0.15) is 32.4 Å². The predicted octanol–water partition coefficient (Wildman–Crippen LogP) is 4.06. The molecule has 244 valence electrons. The minimum Gasteiger partial charge on any atom is -0.486 e. The highest BCUT2D eigenvalue weighted by atomic mass is 32.2. The summed E-state index contributed by atoms with van der Waals surface area (Å²) in [6.07, 6.45) is -0.750. The number of carbonyl (C=O) groups excluding carboxylic acids is 1. The van der Waals surface area contributed by atoms with Gasteiger partial charge in [0.2, 0.25) is 10.0 Å². The van der Waals surface area contributed by atoms with Crippen molar-refractivity contribution in [1.29, 1.82) is 0 Å². The number of sulfonamides is 1. The van der Waals surface area contributed by atoms with Crippen molar-refractivity contribution in [3.8, 4) is 11.5 Å². The molecular weight excluding hydrogens is 611 g/mol. The molecule has 45 heavy (non-hydrogen) atoms. The van der Waals surface area contributed by atoms with E-state index < -0.39 is 24.4 Å². The van der Waals surface area contributed by atoms with E-state index in [1.807, 2.05) is 30.3 Å². The Morgan fingerprint density at radius 2 is 1.60 bits per heavy atom. The van der Waals surface area contributed by atoms with E-state index >= 15 is 0 Å². The van der Waals surface area contributed by atoms with Crippen molar-refractivity contribution in [3.05, 3.63) is 65.2 Å². The lowest BCUT2D eigenvalue weighted by atomic mass is 10.1. The van der Waals surface area contributed by atoms with Crippen molar-refractivity contribution in [2.45, 2.75) is 56.0 Å². The molecule has 1 atom stereocenters. The summed E-state index contributed by atoms with van der Waals surface area (Å²) in [5.41, 5.74) is 2.79. The molecule has 1 amide bonds. The number of hydrogen-bond acceptors (Lipinski definition) is 8. The predicted molar refractivity (Wildman–Crippen MR) is 173 cm³/mol. The molecule has 1 unspecified atom stereocenters. The van der Waals surface area contributed by atoms with E-state index in [1.54, 1.807) is 17.0 Å². The lowest BCUT2D eigenvalue weighted by Crippen LogP contribution is -2.55. The van der Waals surface area contributed by atoms with E-state index in [-0.39, 0.29) is 35.0 Å². The van der Waals surface area contributed by atoms with Gasteiger partial charge in [-0.2, -0.15) is 4.31 Å². The first-order chi connectivity index (χ1) is 21.3.